The van der Waals surface area contributed by atoms with Gasteiger partial charge in [-0.2, -0.15) is 0 Å². The summed E-state index contributed by atoms with van der Waals surface area (Å²) < 4.78 is 23.8. The van der Waals surface area contributed by atoms with Crippen molar-refractivity contribution in [3.63, 3.8) is 0 Å². The van der Waals surface area contributed by atoms with Crippen LogP contribution in [0.3, 0.4) is 0 Å². The molecule has 10 heteroatoms. The number of nitrogens with zero attached hydrogens (tertiary/aromatic N) is 1. The lowest BCUT2D eigenvalue weighted by atomic mass is 9.95. The first-order valence-electron chi connectivity index (χ1n) is 9.56. The fourth-order valence-electron chi connectivity index (χ4n) is 3.67. The van der Waals surface area contributed by atoms with E-state index < -0.39 is 17.8 Å². The number of urea groups is 1. The lowest BCUT2D eigenvalue weighted by Crippen LogP contribution is -2.41. The summed E-state index contributed by atoms with van der Waals surface area (Å²) in [5.41, 5.74) is 2.64. The maximum absolute atomic E-state index is 13.6. The van der Waals surface area contributed by atoms with Gasteiger partial charge in [0.05, 0.1) is 46.2 Å². The van der Waals surface area contributed by atoms with Gasteiger partial charge in [-0.25, -0.2) is 14.0 Å². The number of carbonyl (C=O) groups excluding carboxylic acids is 2. The molecule has 33 heavy (non-hydrogen) atoms. The molecule has 170 valence electrons. The first-order valence-corrected chi connectivity index (χ1v) is 10.7. The molecule has 0 saturated carbocycles. The molecule has 0 aliphatic carbocycles. The van der Waals surface area contributed by atoms with E-state index in [2.05, 4.69) is 5.32 Å². The van der Waals surface area contributed by atoms with Gasteiger partial charge in [0, 0.05) is 23.7 Å². The monoisotopic (exact) mass is 508 g/mol. The second-order valence-electron chi connectivity index (χ2n) is 7.07. The molecule has 3 aromatic rings. The lowest BCUT2D eigenvalue weighted by Gasteiger charge is -2.33. The number of ether oxygens (including phenoxy) is 2. The van der Waals surface area contributed by atoms with Crippen LogP contribution < -0.4 is 15.0 Å². The van der Waals surface area contributed by atoms with E-state index in [4.69, 9.17) is 44.3 Å². The van der Waals surface area contributed by atoms with Crippen LogP contribution in [0.5, 0.6) is 5.75 Å². The average Bonchev–Trinajstić information content (AvgIpc) is 2.78. The number of fused-ring (bicyclic) bond motifs is 1. The predicted octanol–water partition coefficient (Wildman–Crippen LogP) is 6.61. The highest BCUT2D eigenvalue weighted by molar-refractivity contribution is 6.41. The van der Waals surface area contributed by atoms with Gasteiger partial charge in [-0.15, -0.1) is 0 Å². The molecule has 0 saturated heterocycles. The summed E-state index contributed by atoms with van der Waals surface area (Å²) in [7, 11) is 2.72. The number of esters is 1. The molecule has 6 nitrogen and oxygen atoms in total. The highest BCUT2D eigenvalue weighted by atomic mass is 35.5. The van der Waals surface area contributed by atoms with E-state index in [9.17, 15) is 14.0 Å². The van der Waals surface area contributed by atoms with Crippen LogP contribution in [0, 0.1) is 5.82 Å². The fourth-order valence-corrected chi connectivity index (χ4v) is 4.60. The van der Waals surface area contributed by atoms with Crippen LogP contribution in [0.1, 0.15) is 15.9 Å². The van der Waals surface area contributed by atoms with Crippen LogP contribution in [0.4, 0.5) is 20.6 Å². The largest absolute Gasteiger partial charge is 0.497 e. The van der Waals surface area contributed by atoms with Crippen molar-refractivity contribution in [2.24, 2.45) is 0 Å². The summed E-state index contributed by atoms with van der Waals surface area (Å²) in [5.74, 6) is -0.661. The van der Waals surface area contributed by atoms with E-state index in [0.717, 1.165) is 0 Å². The van der Waals surface area contributed by atoms with Gasteiger partial charge in [0.1, 0.15) is 11.6 Å². The van der Waals surface area contributed by atoms with Crippen LogP contribution in [-0.4, -0.2) is 26.2 Å². The van der Waals surface area contributed by atoms with Crippen molar-refractivity contribution < 1.29 is 23.5 Å². The minimum atomic E-state index is -0.622. The molecular formula is C23H16Cl3FN2O4. The Kier molecular flexibility index (Phi) is 6.38. The van der Waals surface area contributed by atoms with E-state index >= 15 is 0 Å². The maximum atomic E-state index is 13.6. The molecule has 1 aliphatic heterocycles. The maximum Gasteiger partial charge on any atom is 0.337 e. The first kappa shape index (κ1) is 23.2. The van der Waals surface area contributed by atoms with Crippen molar-refractivity contribution in [2.75, 3.05) is 19.1 Å². The summed E-state index contributed by atoms with van der Waals surface area (Å²) in [4.78, 5) is 26.2. The quantitative estimate of drug-likeness (QED) is 0.402. The van der Waals surface area contributed by atoms with Crippen LogP contribution in [0.2, 0.25) is 15.1 Å². The Bertz CT molecular complexity index is 1280. The van der Waals surface area contributed by atoms with E-state index in [1.165, 1.54) is 43.4 Å². The number of anilines is 2. The SMILES string of the molecule is COC(=O)c1cc(Cl)c(N2C(=O)NCc3c(-c4ccc(F)cc4Cl)cc(OC)cc32)c(Cl)c1. The highest BCUT2D eigenvalue weighted by Crippen LogP contribution is 2.46. The van der Waals surface area contributed by atoms with Crippen LogP contribution in [0.25, 0.3) is 11.1 Å². The molecule has 1 heterocycles. The molecule has 0 spiro atoms. The van der Waals surface area contributed by atoms with Crippen molar-refractivity contribution in [1.82, 2.24) is 5.32 Å². The van der Waals surface area contributed by atoms with E-state index in [1.807, 2.05) is 0 Å². The van der Waals surface area contributed by atoms with Crippen LogP contribution in [-0.2, 0) is 11.3 Å². The Hall–Kier alpha value is -3.00. The lowest BCUT2D eigenvalue weighted by molar-refractivity contribution is 0.0600. The first-order chi connectivity index (χ1) is 15.7. The molecule has 0 bridgehead atoms. The Labute approximate surface area is 203 Å². The van der Waals surface area contributed by atoms with Gasteiger partial charge < -0.3 is 14.8 Å². The second-order valence-corrected chi connectivity index (χ2v) is 8.29. The third kappa shape index (κ3) is 4.19. The third-order valence-corrected chi connectivity index (χ3v) is 6.07. The number of hydrogen-bond donors (Lipinski definition) is 1. The van der Waals surface area contributed by atoms with Gasteiger partial charge in [0.15, 0.2) is 0 Å². The van der Waals surface area contributed by atoms with Crippen LogP contribution >= 0.6 is 34.8 Å². The summed E-state index contributed by atoms with van der Waals surface area (Å²) in [6, 6.07) is 9.72. The summed E-state index contributed by atoms with van der Waals surface area (Å²) in [6.45, 7) is 0.174. The third-order valence-electron chi connectivity index (χ3n) is 5.18. The van der Waals surface area contributed by atoms with Gasteiger partial charge >= 0.3 is 12.0 Å². The standard InChI is InChI=1S/C23H16Cl3FN2O4/c1-32-13-8-15(14-4-3-12(27)7-17(14)24)16-10-28-23(31)29(20(16)9-13)21-18(25)5-11(6-19(21)26)22(30)33-2/h3-9H,10H2,1-2H3,(H,28,31). The Morgan fingerprint density at radius 3 is 2.30 bits per heavy atom. The van der Waals surface area contributed by atoms with Crippen molar-refractivity contribution >= 4 is 58.2 Å². The molecule has 0 atom stereocenters. The zero-order chi connectivity index (χ0) is 23.9. The number of nitrogens with one attached hydrogen (secondary N) is 1. The Morgan fingerprint density at radius 1 is 1.00 bits per heavy atom. The number of halogens is 4. The number of rotatable bonds is 4. The van der Waals surface area contributed by atoms with Crippen LogP contribution in [0.15, 0.2) is 42.5 Å². The average molecular weight is 510 g/mol. The number of benzene rings is 3. The smallest absolute Gasteiger partial charge is 0.337 e. The van der Waals surface area contributed by atoms with E-state index in [0.29, 0.717) is 28.1 Å². The molecule has 1 N–H and O–H groups in total. The molecule has 0 aromatic heterocycles. The topological polar surface area (TPSA) is 67.9 Å². The summed E-state index contributed by atoms with van der Waals surface area (Å²) in [5, 5.41) is 3.12. The minimum Gasteiger partial charge on any atom is -0.497 e. The molecule has 3 aromatic carbocycles. The Balaban J connectivity index is 1.96. The van der Waals surface area contributed by atoms with Gasteiger partial charge in [0.25, 0.3) is 0 Å². The molecule has 0 radical (unpaired) electrons. The number of methoxy groups -OCH3 is 2. The number of carbonyl (C=O) groups is 2. The molecular weight excluding hydrogens is 494 g/mol. The fraction of sp³-hybridized carbons (Fsp3) is 0.130. The minimum absolute atomic E-state index is 0.0649. The normalized spacial score (nSPS) is 12.8. The highest BCUT2D eigenvalue weighted by Gasteiger charge is 2.32. The van der Waals surface area contributed by atoms with Crippen molar-refractivity contribution in [3.05, 3.63) is 74.5 Å². The van der Waals surface area contributed by atoms with Crippen molar-refractivity contribution in [1.29, 1.82) is 0 Å². The molecule has 0 unspecified atom stereocenters. The van der Waals surface area contributed by atoms with Gasteiger partial charge in [-0.3, -0.25) is 4.90 Å². The molecule has 1 aliphatic rings. The number of amides is 2. The molecule has 4 rings (SSSR count). The predicted molar refractivity (Wildman–Crippen MR) is 126 cm³/mol. The van der Waals surface area contributed by atoms with Gasteiger partial charge in [-0.1, -0.05) is 34.8 Å². The number of hydrogen-bond acceptors (Lipinski definition) is 4. The van der Waals surface area contributed by atoms with Crippen molar-refractivity contribution in [3.8, 4) is 16.9 Å². The van der Waals surface area contributed by atoms with Crippen molar-refractivity contribution in [2.45, 2.75) is 6.54 Å². The summed E-state index contributed by atoms with van der Waals surface area (Å²) in [6.07, 6.45) is 0. The van der Waals surface area contributed by atoms with Gasteiger partial charge in [0.2, 0.25) is 0 Å². The molecule has 2 amide bonds. The Morgan fingerprint density at radius 2 is 1.70 bits per heavy atom. The summed E-state index contributed by atoms with van der Waals surface area (Å²) >= 11 is 19.3. The van der Waals surface area contributed by atoms with E-state index in [1.54, 1.807) is 18.2 Å². The zero-order valence-corrected chi connectivity index (χ0v) is 19.6. The van der Waals surface area contributed by atoms with Gasteiger partial charge in [-0.05, 0) is 42.0 Å². The van der Waals surface area contributed by atoms with E-state index in [-0.39, 0.29) is 32.9 Å². The molecule has 0 fully saturated rings. The zero-order valence-electron chi connectivity index (χ0n) is 17.3. The second kappa shape index (κ2) is 9.09.